The summed E-state index contributed by atoms with van der Waals surface area (Å²) in [6.07, 6.45) is 0.962. The lowest BCUT2D eigenvalue weighted by Gasteiger charge is -2.34. The number of carbonyl (C=O) groups is 1. The van der Waals surface area contributed by atoms with Crippen molar-refractivity contribution in [2.45, 2.75) is 20.0 Å². The lowest BCUT2D eigenvalue weighted by molar-refractivity contribution is -0.139. The summed E-state index contributed by atoms with van der Waals surface area (Å²) in [5.41, 5.74) is 1.95. The molecule has 1 fully saturated rings. The topological polar surface area (TPSA) is 66.9 Å². The van der Waals surface area contributed by atoms with E-state index in [0.29, 0.717) is 18.8 Å². The molecule has 6 nitrogen and oxygen atoms in total. The van der Waals surface area contributed by atoms with Gasteiger partial charge in [-0.05, 0) is 37.6 Å². The van der Waals surface area contributed by atoms with Gasteiger partial charge in [0.25, 0.3) is 5.91 Å². The summed E-state index contributed by atoms with van der Waals surface area (Å²) in [6, 6.07) is 16.8. The van der Waals surface area contributed by atoms with E-state index in [0.717, 1.165) is 11.1 Å². The Balaban J connectivity index is 1.54. The van der Waals surface area contributed by atoms with Crippen LogP contribution in [0.4, 0.5) is 0 Å². The summed E-state index contributed by atoms with van der Waals surface area (Å²) >= 11 is 0. The summed E-state index contributed by atoms with van der Waals surface area (Å²) in [7, 11) is -3.52. The van der Waals surface area contributed by atoms with Gasteiger partial charge in [0.15, 0.2) is 6.10 Å². The van der Waals surface area contributed by atoms with Crippen LogP contribution in [0, 0.1) is 6.92 Å². The Kier molecular flexibility index (Phi) is 6.71. The number of ether oxygens (including phenoxy) is 1. The van der Waals surface area contributed by atoms with Crippen LogP contribution in [0.25, 0.3) is 6.08 Å². The molecule has 7 heteroatoms. The van der Waals surface area contributed by atoms with E-state index in [9.17, 15) is 13.2 Å². The molecule has 0 spiro atoms. The van der Waals surface area contributed by atoms with Crippen LogP contribution in [0.3, 0.4) is 0 Å². The Morgan fingerprint density at radius 2 is 1.62 bits per heavy atom. The Bertz CT molecular complexity index is 948. The van der Waals surface area contributed by atoms with Crippen molar-refractivity contribution in [3.63, 3.8) is 0 Å². The molecule has 0 bridgehead atoms. The van der Waals surface area contributed by atoms with Crippen LogP contribution in [0.2, 0.25) is 0 Å². The monoisotopic (exact) mass is 414 g/mol. The van der Waals surface area contributed by atoms with Crippen molar-refractivity contribution in [2.75, 3.05) is 26.2 Å². The molecule has 0 saturated carbocycles. The number of amides is 1. The molecule has 1 saturated heterocycles. The quantitative estimate of drug-likeness (QED) is 0.729. The zero-order chi connectivity index (χ0) is 20.9. The predicted molar refractivity (Wildman–Crippen MR) is 114 cm³/mol. The van der Waals surface area contributed by atoms with Gasteiger partial charge in [0.05, 0.1) is 0 Å². The van der Waals surface area contributed by atoms with Gasteiger partial charge in [0.2, 0.25) is 10.0 Å². The summed E-state index contributed by atoms with van der Waals surface area (Å²) in [6.45, 7) is 4.93. The van der Waals surface area contributed by atoms with E-state index in [2.05, 4.69) is 0 Å². The first kappa shape index (κ1) is 21.1. The highest BCUT2D eigenvalue weighted by molar-refractivity contribution is 7.92. The fourth-order valence-electron chi connectivity index (χ4n) is 3.11. The molecule has 0 aromatic heterocycles. The normalized spacial score (nSPS) is 16.7. The van der Waals surface area contributed by atoms with Gasteiger partial charge in [0.1, 0.15) is 5.75 Å². The van der Waals surface area contributed by atoms with Gasteiger partial charge in [0, 0.05) is 31.6 Å². The average molecular weight is 415 g/mol. The number of piperazine rings is 1. The van der Waals surface area contributed by atoms with Crippen LogP contribution in [0.15, 0.2) is 60.0 Å². The van der Waals surface area contributed by atoms with Gasteiger partial charge in [-0.3, -0.25) is 4.79 Å². The van der Waals surface area contributed by atoms with Crippen LogP contribution >= 0.6 is 0 Å². The minimum absolute atomic E-state index is 0.137. The molecule has 0 radical (unpaired) electrons. The molecule has 3 rings (SSSR count). The predicted octanol–water partition coefficient (Wildman–Crippen LogP) is 2.91. The number of nitrogens with zero attached hydrogens (tertiary/aromatic N) is 2. The zero-order valence-corrected chi connectivity index (χ0v) is 17.5. The average Bonchev–Trinajstić information content (AvgIpc) is 2.74. The molecule has 1 atom stereocenters. The first-order chi connectivity index (χ1) is 13.8. The smallest absolute Gasteiger partial charge is 0.263 e. The minimum atomic E-state index is -3.52. The molecule has 1 amide bonds. The third-order valence-electron chi connectivity index (χ3n) is 4.82. The van der Waals surface area contributed by atoms with E-state index in [4.69, 9.17) is 4.74 Å². The number of hydrogen-bond donors (Lipinski definition) is 0. The zero-order valence-electron chi connectivity index (χ0n) is 16.7. The fourth-order valence-corrected chi connectivity index (χ4v) is 4.28. The second-order valence-electron chi connectivity index (χ2n) is 7.06. The first-order valence-corrected chi connectivity index (χ1v) is 11.1. The van der Waals surface area contributed by atoms with E-state index in [-0.39, 0.29) is 19.0 Å². The molecule has 29 heavy (non-hydrogen) atoms. The molecule has 154 valence electrons. The van der Waals surface area contributed by atoms with Crippen LogP contribution in [0.1, 0.15) is 18.1 Å². The van der Waals surface area contributed by atoms with Crippen LogP contribution in [-0.2, 0) is 14.8 Å². The van der Waals surface area contributed by atoms with Gasteiger partial charge in [-0.1, -0.05) is 48.0 Å². The number of benzene rings is 2. The highest BCUT2D eigenvalue weighted by Gasteiger charge is 2.30. The lowest BCUT2D eigenvalue weighted by Crippen LogP contribution is -2.52. The van der Waals surface area contributed by atoms with Gasteiger partial charge in [-0.15, -0.1) is 0 Å². The molecular weight excluding hydrogens is 388 g/mol. The van der Waals surface area contributed by atoms with Crippen molar-refractivity contribution in [1.29, 1.82) is 0 Å². The Morgan fingerprint density at radius 1 is 1.00 bits per heavy atom. The Morgan fingerprint density at radius 3 is 2.24 bits per heavy atom. The van der Waals surface area contributed by atoms with E-state index in [1.807, 2.05) is 61.5 Å². The molecule has 2 aromatic carbocycles. The summed E-state index contributed by atoms with van der Waals surface area (Å²) in [5, 5.41) is 1.23. The summed E-state index contributed by atoms with van der Waals surface area (Å²) in [5.74, 6) is 0.506. The van der Waals surface area contributed by atoms with Gasteiger partial charge < -0.3 is 9.64 Å². The van der Waals surface area contributed by atoms with Crippen LogP contribution in [-0.4, -0.2) is 55.8 Å². The number of aryl methyl sites for hydroxylation is 1. The highest BCUT2D eigenvalue weighted by Crippen LogP contribution is 2.16. The van der Waals surface area contributed by atoms with Crippen LogP contribution in [0.5, 0.6) is 5.75 Å². The third kappa shape index (κ3) is 5.68. The van der Waals surface area contributed by atoms with Crippen molar-refractivity contribution >= 4 is 22.0 Å². The van der Waals surface area contributed by atoms with E-state index in [1.54, 1.807) is 17.9 Å². The largest absolute Gasteiger partial charge is 0.481 e. The molecule has 2 aromatic rings. The third-order valence-corrected chi connectivity index (χ3v) is 6.39. The van der Waals surface area contributed by atoms with Gasteiger partial charge in [-0.25, -0.2) is 8.42 Å². The standard InChI is InChI=1S/C22H26N2O4S/c1-18-8-10-21(11-9-18)28-19(2)22(25)23-13-15-24(16-14-23)29(26,27)17-12-20-6-4-3-5-7-20/h3-12,17,19H,13-16H2,1-2H3/b17-12+. The maximum atomic E-state index is 12.7. The van der Waals surface area contributed by atoms with Crippen molar-refractivity contribution in [3.8, 4) is 5.75 Å². The molecular formula is C22H26N2O4S. The molecule has 1 heterocycles. The van der Waals surface area contributed by atoms with Crippen LogP contribution < -0.4 is 4.74 Å². The molecule has 1 aliphatic heterocycles. The lowest BCUT2D eigenvalue weighted by atomic mass is 10.2. The number of carbonyl (C=O) groups excluding carboxylic acids is 1. The van der Waals surface area contributed by atoms with Gasteiger partial charge in [-0.2, -0.15) is 4.31 Å². The molecule has 0 N–H and O–H groups in total. The van der Waals surface area contributed by atoms with Crippen molar-refractivity contribution in [2.24, 2.45) is 0 Å². The van der Waals surface area contributed by atoms with E-state index >= 15 is 0 Å². The van der Waals surface area contributed by atoms with Gasteiger partial charge >= 0.3 is 0 Å². The number of rotatable bonds is 6. The molecule has 1 aliphatic rings. The number of hydrogen-bond acceptors (Lipinski definition) is 4. The maximum absolute atomic E-state index is 12.7. The van der Waals surface area contributed by atoms with E-state index in [1.165, 1.54) is 9.71 Å². The highest BCUT2D eigenvalue weighted by atomic mass is 32.2. The van der Waals surface area contributed by atoms with Crippen molar-refractivity contribution < 1.29 is 17.9 Å². The molecule has 0 aliphatic carbocycles. The summed E-state index contributed by atoms with van der Waals surface area (Å²) < 4.78 is 32.2. The summed E-state index contributed by atoms with van der Waals surface area (Å²) in [4.78, 5) is 14.3. The number of sulfonamides is 1. The Hall–Kier alpha value is -2.64. The van der Waals surface area contributed by atoms with E-state index < -0.39 is 16.1 Å². The molecule has 1 unspecified atom stereocenters. The second kappa shape index (κ2) is 9.24. The Labute approximate surface area is 172 Å². The van der Waals surface area contributed by atoms with Crippen molar-refractivity contribution in [3.05, 3.63) is 71.1 Å². The first-order valence-electron chi connectivity index (χ1n) is 9.60. The minimum Gasteiger partial charge on any atom is -0.481 e. The maximum Gasteiger partial charge on any atom is 0.263 e. The SMILES string of the molecule is Cc1ccc(OC(C)C(=O)N2CCN(S(=O)(=O)/C=C/c3ccccc3)CC2)cc1. The fraction of sp³-hybridized carbons (Fsp3) is 0.318. The second-order valence-corrected chi connectivity index (χ2v) is 8.87. The van der Waals surface area contributed by atoms with Crippen molar-refractivity contribution in [1.82, 2.24) is 9.21 Å².